The third-order valence-electron chi connectivity index (χ3n) is 3.98. The van der Waals surface area contributed by atoms with E-state index in [2.05, 4.69) is 21.5 Å². The average Bonchev–Trinajstić information content (AvgIpc) is 2.70. The van der Waals surface area contributed by atoms with Gasteiger partial charge in [-0.25, -0.2) is 4.79 Å². The summed E-state index contributed by atoms with van der Waals surface area (Å²) in [4.78, 5) is 37.5. The summed E-state index contributed by atoms with van der Waals surface area (Å²) in [6, 6.07) is 15.5. The van der Waals surface area contributed by atoms with E-state index >= 15 is 0 Å². The lowest BCUT2D eigenvalue weighted by molar-refractivity contribution is -0.129. The molecule has 29 heavy (non-hydrogen) atoms. The van der Waals surface area contributed by atoms with E-state index in [-0.39, 0.29) is 17.6 Å². The molecule has 4 N–H and O–H groups in total. The number of carbonyl (C=O) groups is 3. The van der Waals surface area contributed by atoms with Crippen LogP contribution in [0.15, 0.2) is 59.5 Å². The highest BCUT2D eigenvalue weighted by Gasteiger charge is 2.24. The summed E-state index contributed by atoms with van der Waals surface area (Å²) >= 11 is 1.37. The van der Waals surface area contributed by atoms with Gasteiger partial charge in [0.15, 0.2) is 0 Å². The molecule has 0 aliphatic rings. The first-order chi connectivity index (χ1) is 13.8. The van der Waals surface area contributed by atoms with Crippen LogP contribution >= 0.6 is 11.8 Å². The molecule has 8 heteroatoms. The molecule has 0 aromatic heterocycles. The Labute approximate surface area is 175 Å². The topological polar surface area (TPSA) is 99.3 Å². The van der Waals surface area contributed by atoms with Crippen LogP contribution in [0.5, 0.6) is 0 Å². The summed E-state index contributed by atoms with van der Waals surface area (Å²) in [5.41, 5.74) is 6.54. The Balaban J connectivity index is 1.79. The largest absolute Gasteiger partial charge is 0.326 e. The minimum absolute atomic E-state index is 0.164. The Hall–Kier alpha value is -3.00. The van der Waals surface area contributed by atoms with Crippen LogP contribution in [0.3, 0.4) is 0 Å². The minimum atomic E-state index is -0.802. The summed E-state index contributed by atoms with van der Waals surface area (Å²) in [5.74, 6) is -0.829. The molecule has 4 amide bonds. The van der Waals surface area contributed by atoms with Gasteiger partial charge in [0.1, 0.15) is 6.04 Å². The zero-order valence-electron chi connectivity index (χ0n) is 16.7. The smallest absolute Gasteiger partial charge is 0.319 e. The molecule has 0 aliphatic heterocycles. The van der Waals surface area contributed by atoms with Crippen LogP contribution < -0.4 is 21.5 Å². The SMILES string of the molecule is Cc1ccc(SCC(=O)NNC(=O)C(NC(=O)Nc2ccccc2)C(C)C)cc1. The molecule has 2 aromatic carbocycles. The lowest BCUT2D eigenvalue weighted by Crippen LogP contribution is -2.55. The van der Waals surface area contributed by atoms with Crippen molar-refractivity contribution in [2.24, 2.45) is 5.92 Å². The number of benzene rings is 2. The number of urea groups is 1. The lowest BCUT2D eigenvalue weighted by atomic mass is 10.0. The first kappa shape index (κ1) is 22.3. The molecule has 0 spiro atoms. The van der Waals surface area contributed by atoms with Crippen LogP contribution in [0.1, 0.15) is 19.4 Å². The van der Waals surface area contributed by atoms with Crippen molar-refractivity contribution in [2.75, 3.05) is 11.1 Å². The van der Waals surface area contributed by atoms with Gasteiger partial charge in [0.05, 0.1) is 5.75 Å². The van der Waals surface area contributed by atoms with E-state index in [1.165, 1.54) is 11.8 Å². The van der Waals surface area contributed by atoms with Gasteiger partial charge in [-0.3, -0.25) is 20.4 Å². The van der Waals surface area contributed by atoms with Crippen LogP contribution in [-0.4, -0.2) is 29.6 Å². The third-order valence-corrected chi connectivity index (χ3v) is 5.00. The zero-order valence-corrected chi connectivity index (χ0v) is 17.5. The summed E-state index contributed by atoms with van der Waals surface area (Å²) in [7, 11) is 0. The van der Waals surface area contributed by atoms with Gasteiger partial charge in [0.2, 0.25) is 5.91 Å². The first-order valence-corrected chi connectivity index (χ1v) is 10.2. The molecular formula is C21H26N4O3S. The Morgan fingerprint density at radius 1 is 0.931 bits per heavy atom. The van der Waals surface area contributed by atoms with Gasteiger partial charge in [-0.05, 0) is 37.1 Å². The summed E-state index contributed by atoms with van der Waals surface area (Å²) in [6.45, 7) is 5.61. The highest BCUT2D eigenvalue weighted by Crippen LogP contribution is 2.17. The predicted molar refractivity (Wildman–Crippen MR) is 115 cm³/mol. The van der Waals surface area contributed by atoms with Gasteiger partial charge in [-0.1, -0.05) is 49.7 Å². The van der Waals surface area contributed by atoms with Crippen molar-refractivity contribution in [2.45, 2.75) is 31.7 Å². The van der Waals surface area contributed by atoms with Crippen molar-refractivity contribution in [1.82, 2.24) is 16.2 Å². The number of hydrogen-bond acceptors (Lipinski definition) is 4. The number of aryl methyl sites for hydroxylation is 1. The molecule has 2 rings (SSSR count). The van der Waals surface area contributed by atoms with E-state index in [0.29, 0.717) is 5.69 Å². The maximum absolute atomic E-state index is 12.4. The van der Waals surface area contributed by atoms with Crippen LogP contribution in [0, 0.1) is 12.8 Å². The number of carbonyl (C=O) groups excluding carboxylic acids is 3. The second-order valence-electron chi connectivity index (χ2n) is 6.83. The molecule has 0 aliphatic carbocycles. The van der Waals surface area contributed by atoms with Gasteiger partial charge < -0.3 is 10.6 Å². The van der Waals surface area contributed by atoms with Crippen molar-refractivity contribution in [3.05, 3.63) is 60.2 Å². The van der Waals surface area contributed by atoms with E-state index in [4.69, 9.17) is 0 Å². The standard InChI is InChI=1S/C21H26N4O3S/c1-14(2)19(23-21(28)22-16-7-5-4-6-8-16)20(27)25-24-18(26)13-29-17-11-9-15(3)10-12-17/h4-12,14,19H,13H2,1-3H3,(H,24,26)(H,25,27)(H2,22,23,28). The van der Waals surface area contributed by atoms with Crippen molar-refractivity contribution >= 4 is 35.3 Å². The summed E-state index contributed by atoms with van der Waals surface area (Å²) < 4.78 is 0. The maximum atomic E-state index is 12.4. The molecular weight excluding hydrogens is 388 g/mol. The van der Waals surface area contributed by atoms with Gasteiger partial charge in [-0.15, -0.1) is 11.8 Å². The van der Waals surface area contributed by atoms with Gasteiger partial charge in [-0.2, -0.15) is 0 Å². The number of amides is 4. The molecule has 1 atom stereocenters. The molecule has 0 heterocycles. The van der Waals surface area contributed by atoms with E-state index in [0.717, 1.165) is 10.5 Å². The molecule has 154 valence electrons. The molecule has 1 unspecified atom stereocenters. The molecule has 0 saturated carbocycles. The minimum Gasteiger partial charge on any atom is -0.326 e. The second-order valence-corrected chi connectivity index (χ2v) is 7.87. The van der Waals surface area contributed by atoms with Gasteiger partial charge in [0.25, 0.3) is 5.91 Å². The highest BCUT2D eigenvalue weighted by molar-refractivity contribution is 8.00. The monoisotopic (exact) mass is 414 g/mol. The van der Waals surface area contributed by atoms with Crippen LogP contribution in [0.4, 0.5) is 10.5 Å². The number of nitrogens with one attached hydrogen (secondary N) is 4. The Bertz CT molecular complexity index is 826. The molecule has 0 saturated heterocycles. The van der Waals surface area contributed by atoms with Crippen molar-refractivity contribution in [1.29, 1.82) is 0 Å². The fraction of sp³-hybridized carbons (Fsp3) is 0.286. The number of hydrazine groups is 1. The van der Waals surface area contributed by atoms with E-state index in [9.17, 15) is 14.4 Å². The quantitative estimate of drug-likeness (QED) is 0.413. The van der Waals surface area contributed by atoms with Crippen LogP contribution in [-0.2, 0) is 9.59 Å². The Morgan fingerprint density at radius 2 is 1.59 bits per heavy atom. The van der Waals surface area contributed by atoms with Crippen LogP contribution in [0.2, 0.25) is 0 Å². The van der Waals surface area contributed by atoms with Gasteiger partial charge >= 0.3 is 6.03 Å². The third kappa shape index (κ3) is 7.87. The first-order valence-electron chi connectivity index (χ1n) is 9.26. The van der Waals surface area contributed by atoms with Crippen molar-refractivity contribution in [3.8, 4) is 0 Å². The second kappa shape index (κ2) is 11.1. The van der Waals surface area contributed by atoms with Crippen molar-refractivity contribution in [3.63, 3.8) is 0 Å². The normalized spacial score (nSPS) is 11.4. The number of anilines is 1. The highest BCUT2D eigenvalue weighted by atomic mass is 32.2. The fourth-order valence-electron chi connectivity index (χ4n) is 2.39. The molecule has 2 aromatic rings. The van der Waals surface area contributed by atoms with E-state index < -0.39 is 18.0 Å². The molecule has 7 nitrogen and oxygen atoms in total. The fourth-order valence-corrected chi connectivity index (χ4v) is 3.09. The number of para-hydroxylation sites is 1. The van der Waals surface area contributed by atoms with E-state index in [1.54, 1.807) is 24.3 Å². The summed E-state index contributed by atoms with van der Waals surface area (Å²) in [6.07, 6.45) is 0. The predicted octanol–water partition coefficient (Wildman–Crippen LogP) is 3.08. The van der Waals surface area contributed by atoms with Gasteiger partial charge in [0, 0.05) is 10.6 Å². The van der Waals surface area contributed by atoms with Crippen LogP contribution in [0.25, 0.3) is 0 Å². The Kier molecular flexibility index (Phi) is 8.54. The summed E-state index contributed by atoms with van der Waals surface area (Å²) in [5, 5.41) is 5.30. The number of hydrogen-bond donors (Lipinski definition) is 4. The lowest BCUT2D eigenvalue weighted by Gasteiger charge is -2.22. The molecule has 0 bridgehead atoms. The zero-order chi connectivity index (χ0) is 21.2. The maximum Gasteiger partial charge on any atom is 0.319 e. The number of thioether (sulfide) groups is 1. The molecule has 0 fully saturated rings. The Morgan fingerprint density at radius 3 is 2.21 bits per heavy atom. The van der Waals surface area contributed by atoms with E-state index in [1.807, 2.05) is 51.1 Å². The van der Waals surface area contributed by atoms with Crippen molar-refractivity contribution < 1.29 is 14.4 Å². The average molecular weight is 415 g/mol. The number of rotatable bonds is 7. The molecule has 0 radical (unpaired) electrons.